The number of aldehydes is 1. The molecular formula is C11H8F6O3. The first-order valence-electron chi connectivity index (χ1n) is 5.09. The molecule has 0 spiro atoms. The Morgan fingerprint density at radius 3 is 1.85 bits per heavy atom. The quantitative estimate of drug-likeness (QED) is 0.618. The van der Waals surface area contributed by atoms with Gasteiger partial charge in [-0.15, -0.1) is 0 Å². The van der Waals surface area contributed by atoms with Gasteiger partial charge in [-0.25, -0.2) is 0 Å². The van der Waals surface area contributed by atoms with Gasteiger partial charge in [-0.05, 0) is 18.2 Å². The van der Waals surface area contributed by atoms with E-state index in [9.17, 15) is 31.1 Å². The van der Waals surface area contributed by atoms with Crippen LogP contribution in [0.15, 0.2) is 18.2 Å². The highest BCUT2D eigenvalue weighted by Crippen LogP contribution is 2.31. The van der Waals surface area contributed by atoms with Crippen molar-refractivity contribution in [3.8, 4) is 11.5 Å². The van der Waals surface area contributed by atoms with E-state index in [1.54, 1.807) is 0 Å². The number of carbonyl (C=O) groups excluding carboxylic acids is 1. The average Bonchev–Trinajstić information content (AvgIpc) is 2.32. The molecule has 0 N–H and O–H groups in total. The van der Waals surface area contributed by atoms with Gasteiger partial charge in [-0.2, -0.15) is 26.3 Å². The third-order valence-electron chi connectivity index (χ3n) is 1.89. The molecule has 0 aliphatic heterocycles. The lowest BCUT2D eigenvalue weighted by Gasteiger charge is -2.15. The fourth-order valence-corrected chi connectivity index (χ4v) is 1.15. The molecule has 0 atom stereocenters. The van der Waals surface area contributed by atoms with Crippen molar-refractivity contribution in [1.29, 1.82) is 0 Å². The van der Waals surface area contributed by atoms with Gasteiger partial charge in [0.15, 0.2) is 24.7 Å². The summed E-state index contributed by atoms with van der Waals surface area (Å²) in [5.41, 5.74) is -0.0541. The smallest absolute Gasteiger partial charge is 0.422 e. The third kappa shape index (κ3) is 5.81. The second-order valence-corrected chi connectivity index (χ2v) is 3.63. The summed E-state index contributed by atoms with van der Waals surface area (Å²) in [6, 6.07) is 2.89. The number of carbonyl (C=O) groups is 1. The number of hydrogen-bond donors (Lipinski definition) is 0. The van der Waals surface area contributed by atoms with E-state index in [-0.39, 0.29) is 5.56 Å². The first-order chi connectivity index (χ1) is 9.11. The van der Waals surface area contributed by atoms with Gasteiger partial charge in [0.2, 0.25) is 0 Å². The summed E-state index contributed by atoms with van der Waals surface area (Å²) in [5, 5.41) is 0. The van der Waals surface area contributed by atoms with E-state index in [1.807, 2.05) is 0 Å². The van der Waals surface area contributed by atoms with Crippen LogP contribution < -0.4 is 9.47 Å². The van der Waals surface area contributed by atoms with Gasteiger partial charge in [0.25, 0.3) is 0 Å². The minimum Gasteiger partial charge on any atom is -0.480 e. The third-order valence-corrected chi connectivity index (χ3v) is 1.89. The molecule has 0 radical (unpaired) electrons. The fraction of sp³-hybridized carbons (Fsp3) is 0.364. The Morgan fingerprint density at radius 2 is 1.40 bits per heavy atom. The van der Waals surface area contributed by atoms with Crippen LogP contribution in [0.4, 0.5) is 26.3 Å². The first-order valence-corrected chi connectivity index (χ1v) is 5.09. The van der Waals surface area contributed by atoms with E-state index >= 15 is 0 Å². The van der Waals surface area contributed by atoms with Crippen molar-refractivity contribution in [2.75, 3.05) is 13.2 Å². The molecule has 3 nitrogen and oxygen atoms in total. The Morgan fingerprint density at radius 1 is 0.900 bits per heavy atom. The van der Waals surface area contributed by atoms with Gasteiger partial charge in [-0.1, -0.05) is 0 Å². The van der Waals surface area contributed by atoms with Crippen LogP contribution in [0.1, 0.15) is 10.4 Å². The van der Waals surface area contributed by atoms with Crippen LogP contribution in [0.2, 0.25) is 0 Å². The van der Waals surface area contributed by atoms with Crippen LogP contribution in [0.5, 0.6) is 11.5 Å². The number of rotatable bonds is 5. The largest absolute Gasteiger partial charge is 0.480 e. The Labute approximate surface area is 109 Å². The predicted octanol–water partition coefficient (Wildman–Crippen LogP) is 3.38. The Hall–Kier alpha value is -1.93. The van der Waals surface area contributed by atoms with Crippen molar-refractivity contribution in [1.82, 2.24) is 0 Å². The highest BCUT2D eigenvalue weighted by atomic mass is 19.4. The van der Waals surface area contributed by atoms with Crippen molar-refractivity contribution in [2.45, 2.75) is 12.4 Å². The monoisotopic (exact) mass is 302 g/mol. The molecule has 9 heteroatoms. The number of benzene rings is 1. The van der Waals surface area contributed by atoms with Crippen LogP contribution in [0, 0.1) is 0 Å². The summed E-state index contributed by atoms with van der Waals surface area (Å²) in [4.78, 5) is 10.5. The fourth-order valence-electron chi connectivity index (χ4n) is 1.15. The minimum absolute atomic E-state index is 0.0541. The van der Waals surface area contributed by atoms with Crippen molar-refractivity contribution in [2.24, 2.45) is 0 Å². The van der Waals surface area contributed by atoms with Gasteiger partial charge < -0.3 is 9.47 Å². The van der Waals surface area contributed by atoms with Crippen LogP contribution >= 0.6 is 0 Å². The average molecular weight is 302 g/mol. The molecule has 0 unspecified atom stereocenters. The molecule has 20 heavy (non-hydrogen) atoms. The molecule has 0 saturated heterocycles. The zero-order valence-corrected chi connectivity index (χ0v) is 9.72. The molecule has 0 aromatic heterocycles. The topological polar surface area (TPSA) is 35.5 Å². The molecule has 0 heterocycles. The van der Waals surface area contributed by atoms with Crippen molar-refractivity contribution < 1.29 is 40.6 Å². The van der Waals surface area contributed by atoms with E-state index in [0.717, 1.165) is 18.2 Å². The first kappa shape index (κ1) is 16.1. The van der Waals surface area contributed by atoms with Gasteiger partial charge in [0.1, 0.15) is 6.29 Å². The zero-order valence-electron chi connectivity index (χ0n) is 9.72. The number of halogens is 6. The number of ether oxygens (including phenoxy) is 2. The van der Waals surface area contributed by atoms with Crippen molar-refractivity contribution in [3.63, 3.8) is 0 Å². The van der Waals surface area contributed by atoms with E-state index < -0.39 is 37.1 Å². The lowest BCUT2D eigenvalue weighted by atomic mass is 10.2. The zero-order chi connectivity index (χ0) is 15.4. The second-order valence-electron chi connectivity index (χ2n) is 3.63. The van der Waals surface area contributed by atoms with Crippen molar-refractivity contribution >= 4 is 6.29 Å². The summed E-state index contributed by atoms with van der Waals surface area (Å²) < 4.78 is 80.7. The summed E-state index contributed by atoms with van der Waals surface area (Å²) >= 11 is 0. The molecule has 0 fully saturated rings. The standard InChI is InChI=1S/C11H8F6O3/c12-10(13,14)5-19-8-2-1-7(4-18)3-9(8)20-6-11(15,16)17/h1-4H,5-6H2. The molecule has 1 rings (SSSR count). The molecule has 0 bridgehead atoms. The maximum Gasteiger partial charge on any atom is 0.422 e. The van der Waals surface area contributed by atoms with E-state index in [2.05, 4.69) is 9.47 Å². The summed E-state index contributed by atoms with van der Waals surface area (Å²) in [6.07, 6.45) is -9.00. The number of alkyl halides is 6. The molecule has 0 saturated carbocycles. The van der Waals surface area contributed by atoms with Crippen LogP contribution in [-0.4, -0.2) is 31.9 Å². The molecule has 0 aliphatic rings. The molecular weight excluding hydrogens is 294 g/mol. The number of hydrogen-bond acceptors (Lipinski definition) is 3. The molecule has 112 valence electrons. The Balaban J connectivity index is 2.89. The summed E-state index contributed by atoms with van der Waals surface area (Å²) in [5.74, 6) is -1.12. The molecule has 0 aliphatic carbocycles. The highest BCUT2D eigenvalue weighted by Gasteiger charge is 2.31. The second kappa shape index (κ2) is 6.02. The van der Waals surface area contributed by atoms with Gasteiger partial charge in [0.05, 0.1) is 0 Å². The predicted molar refractivity (Wildman–Crippen MR) is 54.9 cm³/mol. The van der Waals surface area contributed by atoms with E-state index in [0.29, 0.717) is 6.29 Å². The van der Waals surface area contributed by atoms with Crippen LogP contribution in [-0.2, 0) is 0 Å². The van der Waals surface area contributed by atoms with Gasteiger partial charge in [0, 0.05) is 5.56 Å². The minimum atomic E-state index is -4.67. The lowest BCUT2D eigenvalue weighted by molar-refractivity contribution is -0.158. The maximum atomic E-state index is 12.0. The van der Waals surface area contributed by atoms with E-state index in [4.69, 9.17) is 0 Å². The summed E-state index contributed by atoms with van der Waals surface area (Å²) in [6.45, 7) is -3.40. The normalized spacial score (nSPS) is 12.1. The lowest BCUT2D eigenvalue weighted by Crippen LogP contribution is -2.21. The van der Waals surface area contributed by atoms with E-state index in [1.165, 1.54) is 0 Å². The SMILES string of the molecule is O=Cc1ccc(OCC(F)(F)F)c(OCC(F)(F)F)c1. The Bertz CT molecular complexity index is 466. The molecule has 1 aromatic rings. The van der Waals surface area contributed by atoms with Gasteiger partial charge in [-0.3, -0.25) is 4.79 Å². The van der Waals surface area contributed by atoms with Crippen LogP contribution in [0.3, 0.4) is 0 Å². The molecule has 1 aromatic carbocycles. The maximum absolute atomic E-state index is 12.0. The summed E-state index contributed by atoms with van der Waals surface area (Å²) in [7, 11) is 0. The Kier molecular flexibility index (Phi) is 4.85. The van der Waals surface area contributed by atoms with Crippen LogP contribution in [0.25, 0.3) is 0 Å². The highest BCUT2D eigenvalue weighted by molar-refractivity contribution is 5.76. The molecule has 0 amide bonds. The van der Waals surface area contributed by atoms with Crippen molar-refractivity contribution in [3.05, 3.63) is 23.8 Å². The van der Waals surface area contributed by atoms with Gasteiger partial charge >= 0.3 is 12.4 Å².